The molecule has 28 heavy (non-hydrogen) atoms. The first kappa shape index (κ1) is 22.4. The zero-order valence-corrected chi connectivity index (χ0v) is 17.3. The van der Waals surface area contributed by atoms with Crippen molar-refractivity contribution >= 4 is 10.8 Å². The second kappa shape index (κ2) is 11.2. The van der Waals surface area contributed by atoms with Gasteiger partial charge in [0, 0.05) is 25.2 Å². The average molecular weight is 391 g/mol. The fourth-order valence-corrected chi connectivity index (χ4v) is 2.66. The minimum absolute atomic E-state index is 0.159. The van der Waals surface area contributed by atoms with E-state index in [-0.39, 0.29) is 13.2 Å². The Morgan fingerprint density at radius 1 is 0.750 bits per heavy atom. The van der Waals surface area contributed by atoms with E-state index in [1.807, 2.05) is 64.1 Å². The summed E-state index contributed by atoms with van der Waals surface area (Å²) < 4.78 is 11.7. The van der Waals surface area contributed by atoms with E-state index in [0.29, 0.717) is 36.7 Å². The van der Waals surface area contributed by atoms with Gasteiger partial charge in [0.1, 0.15) is 25.4 Å². The number of ether oxygens (including phenoxy) is 2. The normalized spacial score (nSPS) is 13.9. The van der Waals surface area contributed by atoms with E-state index < -0.39 is 12.2 Å². The van der Waals surface area contributed by atoms with Gasteiger partial charge < -0.3 is 30.3 Å². The maximum atomic E-state index is 10.1. The summed E-state index contributed by atoms with van der Waals surface area (Å²) in [6.07, 6.45) is -1.25. The molecule has 0 saturated heterocycles. The summed E-state index contributed by atoms with van der Waals surface area (Å²) in [4.78, 5) is 0. The van der Waals surface area contributed by atoms with Gasteiger partial charge in [-0.25, -0.2) is 0 Å². The van der Waals surface area contributed by atoms with E-state index in [9.17, 15) is 10.2 Å². The second-order valence-corrected chi connectivity index (χ2v) is 7.70. The van der Waals surface area contributed by atoms with Gasteiger partial charge in [0.05, 0.1) is 0 Å². The van der Waals surface area contributed by atoms with Crippen molar-refractivity contribution < 1.29 is 19.7 Å². The Kier molecular flexibility index (Phi) is 8.99. The quantitative estimate of drug-likeness (QED) is 0.445. The molecule has 2 atom stereocenters. The number of benzene rings is 2. The molecular weight excluding hydrogens is 356 g/mol. The SMILES string of the molecule is CC(C)NC[C@@H](O)COc1cc2ccccc2cc1OC[C@@H](O)CNC(C)C. The van der Waals surface area contributed by atoms with Crippen molar-refractivity contribution in [2.45, 2.75) is 52.0 Å². The molecule has 156 valence electrons. The van der Waals surface area contributed by atoms with E-state index in [1.54, 1.807) is 0 Å². The number of nitrogens with one attached hydrogen (secondary N) is 2. The van der Waals surface area contributed by atoms with Crippen molar-refractivity contribution in [1.29, 1.82) is 0 Å². The van der Waals surface area contributed by atoms with Crippen LogP contribution in [-0.4, -0.2) is 60.8 Å². The van der Waals surface area contributed by atoms with Gasteiger partial charge in [0.15, 0.2) is 11.5 Å². The zero-order valence-electron chi connectivity index (χ0n) is 17.3. The first-order valence-electron chi connectivity index (χ1n) is 9.96. The first-order chi connectivity index (χ1) is 13.3. The summed E-state index contributed by atoms with van der Waals surface area (Å²) in [5, 5.41) is 28.7. The van der Waals surface area contributed by atoms with E-state index in [0.717, 1.165) is 10.8 Å². The summed E-state index contributed by atoms with van der Waals surface area (Å²) >= 11 is 0. The Morgan fingerprint density at radius 3 is 1.50 bits per heavy atom. The van der Waals surface area contributed by atoms with E-state index in [4.69, 9.17) is 9.47 Å². The third-order valence-corrected chi connectivity index (χ3v) is 4.20. The minimum Gasteiger partial charge on any atom is -0.487 e. The molecule has 2 aromatic rings. The molecule has 0 aliphatic rings. The standard InChI is InChI=1S/C22H34N2O4/c1-15(2)23-11-19(25)13-27-21-9-17-7-5-6-8-18(17)10-22(21)28-14-20(26)12-24-16(3)4/h5-10,15-16,19-20,23-26H,11-14H2,1-4H3/t19-,20+. The molecule has 0 spiro atoms. The highest BCUT2D eigenvalue weighted by molar-refractivity contribution is 5.86. The Labute approximate surface area is 167 Å². The van der Waals surface area contributed by atoms with E-state index in [2.05, 4.69) is 10.6 Å². The fourth-order valence-electron chi connectivity index (χ4n) is 2.66. The monoisotopic (exact) mass is 390 g/mol. The van der Waals surface area contributed by atoms with Crippen molar-refractivity contribution in [2.24, 2.45) is 0 Å². The molecule has 0 fully saturated rings. The number of hydrogen-bond donors (Lipinski definition) is 4. The van der Waals surface area contributed by atoms with Gasteiger partial charge in [0.25, 0.3) is 0 Å². The molecule has 0 radical (unpaired) electrons. The lowest BCUT2D eigenvalue weighted by Gasteiger charge is -2.19. The van der Waals surface area contributed by atoms with E-state index >= 15 is 0 Å². The van der Waals surface area contributed by atoms with Crippen LogP contribution in [0.2, 0.25) is 0 Å². The molecule has 4 N–H and O–H groups in total. The summed E-state index contributed by atoms with van der Waals surface area (Å²) in [5.74, 6) is 1.12. The third kappa shape index (κ3) is 7.64. The van der Waals surface area contributed by atoms with Gasteiger partial charge >= 0.3 is 0 Å². The molecule has 0 heterocycles. The summed E-state index contributed by atoms with van der Waals surface area (Å²) in [6, 6.07) is 12.4. The van der Waals surface area contributed by atoms with Crippen molar-refractivity contribution in [3.05, 3.63) is 36.4 Å². The highest BCUT2D eigenvalue weighted by Gasteiger charge is 2.13. The topological polar surface area (TPSA) is 83.0 Å². The Hall–Kier alpha value is -1.86. The van der Waals surface area contributed by atoms with Crippen molar-refractivity contribution in [1.82, 2.24) is 10.6 Å². The molecule has 0 aromatic heterocycles. The second-order valence-electron chi connectivity index (χ2n) is 7.70. The lowest BCUT2D eigenvalue weighted by atomic mass is 10.1. The number of fused-ring (bicyclic) bond motifs is 1. The molecule has 2 aromatic carbocycles. The predicted molar refractivity (Wildman–Crippen MR) is 113 cm³/mol. The van der Waals surface area contributed by atoms with Crippen LogP contribution in [0.3, 0.4) is 0 Å². The Balaban J connectivity index is 2.05. The van der Waals surface area contributed by atoms with Crippen molar-refractivity contribution in [3.63, 3.8) is 0 Å². The summed E-state index contributed by atoms with van der Waals surface area (Å²) in [6.45, 7) is 9.36. The molecular formula is C22H34N2O4. The Bertz CT molecular complexity index is 660. The van der Waals surface area contributed by atoms with Gasteiger partial charge in [-0.05, 0) is 22.9 Å². The fraction of sp³-hybridized carbons (Fsp3) is 0.545. The van der Waals surface area contributed by atoms with Crippen LogP contribution < -0.4 is 20.1 Å². The molecule has 0 bridgehead atoms. The van der Waals surface area contributed by atoms with Crippen LogP contribution in [0.4, 0.5) is 0 Å². The average Bonchev–Trinajstić information content (AvgIpc) is 2.67. The summed E-state index contributed by atoms with van der Waals surface area (Å²) in [5.41, 5.74) is 0. The minimum atomic E-state index is -0.623. The number of aliphatic hydroxyl groups excluding tert-OH is 2. The lowest BCUT2D eigenvalue weighted by molar-refractivity contribution is 0.0911. The molecule has 0 amide bonds. The van der Waals surface area contributed by atoms with Gasteiger partial charge in [-0.1, -0.05) is 52.0 Å². The van der Waals surface area contributed by atoms with Gasteiger partial charge in [-0.2, -0.15) is 0 Å². The smallest absolute Gasteiger partial charge is 0.161 e. The van der Waals surface area contributed by atoms with Gasteiger partial charge in [0.2, 0.25) is 0 Å². The van der Waals surface area contributed by atoms with Crippen LogP contribution in [0.25, 0.3) is 10.8 Å². The maximum Gasteiger partial charge on any atom is 0.161 e. The Morgan fingerprint density at radius 2 is 1.14 bits per heavy atom. The van der Waals surface area contributed by atoms with Crippen molar-refractivity contribution in [2.75, 3.05) is 26.3 Å². The van der Waals surface area contributed by atoms with Crippen LogP contribution in [0.5, 0.6) is 11.5 Å². The van der Waals surface area contributed by atoms with Gasteiger partial charge in [-0.15, -0.1) is 0 Å². The largest absolute Gasteiger partial charge is 0.487 e. The number of hydrogen-bond acceptors (Lipinski definition) is 6. The molecule has 0 aliphatic heterocycles. The van der Waals surface area contributed by atoms with Crippen LogP contribution in [0, 0.1) is 0 Å². The molecule has 2 rings (SSSR count). The maximum absolute atomic E-state index is 10.1. The predicted octanol–water partition coefficient (Wildman–Crippen LogP) is 2.32. The van der Waals surface area contributed by atoms with E-state index in [1.165, 1.54) is 0 Å². The van der Waals surface area contributed by atoms with Crippen LogP contribution in [-0.2, 0) is 0 Å². The summed E-state index contributed by atoms with van der Waals surface area (Å²) in [7, 11) is 0. The van der Waals surface area contributed by atoms with Gasteiger partial charge in [-0.3, -0.25) is 0 Å². The first-order valence-corrected chi connectivity index (χ1v) is 9.96. The molecule has 0 unspecified atom stereocenters. The number of rotatable bonds is 12. The highest BCUT2D eigenvalue weighted by atomic mass is 16.5. The van der Waals surface area contributed by atoms with Crippen molar-refractivity contribution in [3.8, 4) is 11.5 Å². The molecule has 0 aliphatic carbocycles. The lowest BCUT2D eigenvalue weighted by Crippen LogP contribution is -2.35. The highest BCUT2D eigenvalue weighted by Crippen LogP contribution is 2.32. The van der Waals surface area contributed by atoms with Crippen LogP contribution in [0.1, 0.15) is 27.7 Å². The van der Waals surface area contributed by atoms with Crippen LogP contribution in [0.15, 0.2) is 36.4 Å². The van der Waals surface area contributed by atoms with Crippen LogP contribution >= 0.6 is 0 Å². The third-order valence-electron chi connectivity index (χ3n) is 4.20. The zero-order chi connectivity index (χ0) is 20.5. The molecule has 6 heteroatoms. The molecule has 0 saturated carbocycles. The number of aliphatic hydroxyl groups is 2. The molecule has 6 nitrogen and oxygen atoms in total.